The number of aryl methyl sites for hydroxylation is 1. The molecule has 0 radical (unpaired) electrons. The monoisotopic (exact) mass is 195 g/mol. The van der Waals surface area contributed by atoms with Crippen LogP contribution < -0.4 is 0 Å². The predicted octanol–water partition coefficient (Wildman–Crippen LogP) is 1.39. The fourth-order valence-electron chi connectivity index (χ4n) is 1.63. The number of rotatable bonds is 3. The number of hydrogen-bond donors (Lipinski definition) is 1. The maximum atomic E-state index is 11.2. The molecule has 1 aromatic heterocycles. The molecule has 4 heteroatoms. The molecule has 0 aliphatic carbocycles. The molecule has 14 heavy (non-hydrogen) atoms. The van der Waals surface area contributed by atoms with Gasteiger partial charge in [0, 0.05) is 17.9 Å². The summed E-state index contributed by atoms with van der Waals surface area (Å²) in [4.78, 5) is 21.7. The molecule has 1 aromatic rings. The molecule has 1 N–H and O–H groups in total. The average Bonchev–Trinajstić information content (AvgIpc) is 2.40. The third kappa shape index (κ3) is 1.55. The van der Waals surface area contributed by atoms with Gasteiger partial charge in [0.15, 0.2) is 0 Å². The summed E-state index contributed by atoms with van der Waals surface area (Å²) >= 11 is 0. The number of aliphatic carboxylic acids is 1. The van der Waals surface area contributed by atoms with Crippen LogP contribution in [0.1, 0.15) is 28.7 Å². The molecule has 0 aliphatic heterocycles. The van der Waals surface area contributed by atoms with Gasteiger partial charge >= 0.3 is 5.97 Å². The molecular weight excluding hydrogens is 182 g/mol. The number of carbonyl (C=O) groups excluding carboxylic acids is 1. The van der Waals surface area contributed by atoms with Gasteiger partial charge in [0.05, 0.1) is 5.56 Å². The maximum absolute atomic E-state index is 11.2. The van der Waals surface area contributed by atoms with E-state index in [0.717, 1.165) is 17.9 Å². The SMILES string of the molecule is CCn1c(C)cc(C(=O)C(=O)O)c1C. The van der Waals surface area contributed by atoms with Crippen molar-refractivity contribution in [2.45, 2.75) is 27.3 Å². The van der Waals surface area contributed by atoms with Gasteiger partial charge in [0.25, 0.3) is 5.78 Å². The molecule has 0 atom stereocenters. The number of ketones is 1. The Bertz CT molecular complexity index is 390. The van der Waals surface area contributed by atoms with Gasteiger partial charge in [-0.3, -0.25) is 4.79 Å². The highest BCUT2D eigenvalue weighted by Gasteiger charge is 2.20. The van der Waals surface area contributed by atoms with E-state index in [1.165, 1.54) is 0 Å². The molecule has 0 amide bonds. The summed E-state index contributed by atoms with van der Waals surface area (Å²) in [6.45, 7) is 6.31. The lowest BCUT2D eigenvalue weighted by Crippen LogP contribution is -2.13. The zero-order valence-electron chi connectivity index (χ0n) is 8.50. The van der Waals surface area contributed by atoms with Gasteiger partial charge in [-0.05, 0) is 26.8 Å². The molecule has 0 saturated heterocycles. The van der Waals surface area contributed by atoms with Crippen molar-refractivity contribution in [1.82, 2.24) is 4.57 Å². The van der Waals surface area contributed by atoms with E-state index >= 15 is 0 Å². The molecular formula is C10H13NO3. The first kappa shape index (κ1) is 10.5. The molecule has 0 unspecified atom stereocenters. The first-order chi connectivity index (χ1) is 6.49. The molecule has 76 valence electrons. The zero-order valence-corrected chi connectivity index (χ0v) is 8.50. The van der Waals surface area contributed by atoms with Gasteiger partial charge < -0.3 is 9.67 Å². The van der Waals surface area contributed by atoms with Crippen LogP contribution in [-0.2, 0) is 11.3 Å². The van der Waals surface area contributed by atoms with Crippen LogP contribution in [0.4, 0.5) is 0 Å². The number of carboxylic acid groups (broad SMARTS) is 1. The van der Waals surface area contributed by atoms with Crippen LogP contribution in [-0.4, -0.2) is 21.4 Å². The zero-order chi connectivity index (χ0) is 10.9. The highest BCUT2D eigenvalue weighted by atomic mass is 16.4. The molecule has 4 nitrogen and oxygen atoms in total. The quantitative estimate of drug-likeness (QED) is 0.585. The Balaban J connectivity index is 3.24. The summed E-state index contributed by atoms with van der Waals surface area (Å²) in [6, 6.07) is 1.62. The first-order valence-corrected chi connectivity index (χ1v) is 4.43. The first-order valence-electron chi connectivity index (χ1n) is 4.43. The number of carboxylic acids is 1. The lowest BCUT2D eigenvalue weighted by molar-refractivity contribution is -0.131. The number of Topliss-reactive ketones (excluding diaryl/α,β-unsaturated/α-hetero) is 1. The summed E-state index contributed by atoms with van der Waals surface area (Å²) in [5.41, 5.74) is 1.92. The van der Waals surface area contributed by atoms with E-state index in [1.54, 1.807) is 13.0 Å². The maximum Gasteiger partial charge on any atom is 0.377 e. The van der Waals surface area contributed by atoms with Crippen molar-refractivity contribution in [3.8, 4) is 0 Å². The fraction of sp³-hybridized carbons (Fsp3) is 0.400. The third-order valence-corrected chi connectivity index (χ3v) is 2.33. The summed E-state index contributed by atoms with van der Waals surface area (Å²) in [7, 11) is 0. The molecule has 0 bridgehead atoms. The molecule has 0 fully saturated rings. The number of carbonyl (C=O) groups is 2. The Hall–Kier alpha value is -1.58. The highest BCUT2D eigenvalue weighted by Crippen LogP contribution is 2.15. The Morgan fingerprint density at radius 2 is 2.00 bits per heavy atom. The summed E-state index contributed by atoms with van der Waals surface area (Å²) < 4.78 is 1.91. The number of nitrogens with zero attached hydrogens (tertiary/aromatic N) is 1. The number of hydrogen-bond acceptors (Lipinski definition) is 2. The van der Waals surface area contributed by atoms with E-state index in [1.807, 2.05) is 18.4 Å². The Labute approximate surface area is 82.2 Å². The van der Waals surface area contributed by atoms with Crippen molar-refractivity contribution in [1.29, 1.82) is 0 Å². The third-order valence-electron chi connectivity index (χ3n) is 2.33. The van der Waals surface area contributed by atoms with Gasteiger partial charge in [-0.15, -0.1) is 0 Å². The summed E-state index contributed by atoms with van der Waals surface area (Å²) in [6.07, 6.45) is 0. The van der Waals surface area contributed by atoms with Crippen molar-refractivity contribution >= 4 is 11.8 Å². The lowest BCUT2D eigenvalue weighted by atomic mass is 10.1. The minimum atomic E-state index is -1.40. The van der Waals surface area contributed by atoms with Crippen molar-refractivity contribution in [3.05, 3.63) is 23.0 Å². The molecule has 0 spiro atoms. The normalized spacial score (nSPS) is 10.2. The van der Waals surface area contributed by atoms with Gasteiger partial charge in [-0.1, -0.05) is 0 Å². The molecule has 0 aromatic carbocycles. The topological polar surface area (TPSA) is 59.3 Å². The largest absolute Gasteiger partial charge is 0.475 e. The van der Waals surface area contributed by atoms with Crippen LogP contribution in [0.15, 0.2) is 6.07 Å². The van der Waals surface area contributed by atoms with Gasteiger partial charge in [-0.25, -0.2) is 4.79 Å². The van der Waals surface area contributed by atoms with E-state index in [9.17, 15) is 9.59 Å². The Morgan fingerprint density at radius 3 is 2.36 bits per heavy atom. The average molecular weight is 195 g/mol. The smallest absolute Gasteiger partial charge is 0.377 e. The van der Waals surface area contributed by atoms with Crippen LogP contribution in [0, 0.1) is 13.8 Å². The van der Waals surface area contributed by atoms with Gasteiger partial charge in [-0.2, -0.15) is 0 Å². The van der Waals surface area contributed by atoms with Crippen molar-refractivity contribution in [2.75, 3.05) is 0 Å². The predicted molar refractivity (Wildman–Crippen MR) is 51.5 cm³/mol. The molecule has 1 heterocycles. The minimum Gasteiger partial charge on any atom is -0.475 e. The molecule has 0 saturated carbocycles. The van der Waals surface area contributed by atoms with Crippen LogP contribution in [0.5, 0.6) is 0 Å². The summed E-state index contributed by atoms with van der Waals surface area (Å²) in [5.74, 6) is -2.24. The Kier molecular flexibility index (Phi) is 2.74. The van der Waals surface area contributed by atoms with Crippen LogP contribution in [0.25, 0.3) is 0 Å². The summed E-state index contributed by atoms with van der Waals surface area (Å²) in [5, 5.41) is 8.57. The Morgan fingerprint density at radius 1 is 1.43 bits per heavy atom. The second kappa shape index (κ2) is 3.65. The van der Waals surface area contributed by atoms with E-state index in [0.29, 0.717) is 0 Å². The van der Waals surface area contributed by atoms with Crippen molar-refractivity contribution in [2.24, 2.45) is 0 Å². The minimum absolute atomic E-state index is 0.289. The molecule has 1 rings (SSSR count). The van der Waals surface area contributed by atoms with Crippen molar-refractivity contribution < 1.29 is 14.7 Å². The fourth-order valence-corrected chi connectivity index (χ4v) is 1.63. The van der Waals surface area contributed by atoms with Crippen LogP contribution in [0.2, 0.25) is 0 Å². The van der Waals surface area contributed by atoms with Gasteiger partial charge in [0.2, 0.25) is 0 Å². The number of aromatic nitrogens is 1. The van der Waals surface area contributed by atoms with Crippen LogP contribution >= 0.6 is 0 Å². The van der Waals surface area contributed by atoms with E-state index in [-0.39, 0.29) is 5.56 Å². The van der Waals surface area contributed by atoms with E-state index < -0.39 is 11.8 Å². The second-order valence-corrected chi connectivity index (χ2v) is 3.16. The van der Waals surface area contributed by atoms with E-state index in [4.69, 9.17) is 5.11 Å². The highest BCUT2D eigenvalue weighted by molar-refractivity contribution is 6.40. The van der Waals surface area contributed by atoms with E-state index in [2.05, 4.69) is 0 Å². The van der Waals surface area contributed by atoms with Gasteiger partial charge in [0.1, 0.15) is 0 Å². The lowest BCUT2D eigenvalue weighted by Gasteiger charge is -2.04. The standard InChI is InChI=1S/C10H13NO3/c1-4-11-6(2)5-8(7(11)3)9(12)10(13)14/h5H,4H2,1-3H3,(H,13,14). The molecule has 0 aliphatic rings. The van der Waals surface area contributed by atoms with Crippen LogP contribution in [0.3, 0.4) is 0 Å². The van der Waals surface area contributed by atoms with Crippen molar-refractivity contribution in [3.63, 3.8) is 0 Å². The second-order valence-electron chi connectivity index (χ2n) is 3.16.